The van der Waals surface area contributed by atoms with Crippen molar-refractivity contribution in [2.45, 2.75) is 33.2 Å². The highest BCUT2D eigenvalue weighted by Crippen LogP contribution is 2.22. The lowest BCUT2D eigenvalue weighted by atomic mass is 10.1. The van der Waals surface area contributed by atoms with E-state index in [4.69, 9.17) is 11.6 Å². The molecule has 1 aromatic heterocycles. The molecule has 0 aliphatic rings. The fraction of sp³-hybridized carbons (Fsp3) is 0.333. The van der Waals surface area contributed by atoms with E-state index in [-0.39, 0.29) is 23.2 Å². The molecule has 2 aromatic rings. The van der Waals surface area contributed by atoms with Crippen LogP contribution in [0, 0.1) is 5.92 Å². The average Bonchev–Trinajstić information content (AvgIpc) is 2.61. The van der Waals surface area contributed by atoms with Gasteiger partial charge in [-0.1, -0.05) is 32.9 Å². The number of hydrazine groups is 1. The molecule has 0 saturated carbocycles. The second-order valence-electron chi connectivity index (χ2n) is 6.25. The minimum absolute atomic E-state index is 0.0328. The topological polar surface area (TPSA) is 127 Å². The van der Waals surface area contributed by atoms with Crippen LogP contribution in [0.5, 0.6) is 0 Å². The molecule has 0 bridgehead atoms. The molecule has 0 spiro atoms. The maximum atomic E-state index is 11.7. The van der Waals surface area contributed by atoms with E-state index in [1.165, 1.54) is 11.2 Å². The molecule has 1 unspecified atom stereocenters. The second kappa shape index (κ2) is 8.39. The number of aromatic nitrogens is 2. The van der Waals surface area contributed by atoms with Gasteiger partial charge in [0.2, 0.25) is 5.95 Å². The Morgan fingerprint density at radius 1 is 1.38 bits per heavy atom. The van der Waals surface area contributed by atoms with Crippen molar-refractivity contribution in [1.29, 1.82) is 0 Å². The number of primary amides is 1. The normalized spacial score (nSPS) is 11.9. The number of carbonyl (C=O) groups is 2. The highest BCUT2D eigenvalue weighted by molar-refractivity contribution is 5.98. The number of hydrogen-bond donors (Lipinski definition) is 3. The maximum absolute atomic E-state index is 11.7. The molecule has 0 aliphatic heterocycles. The van der Waals surface area contributed by atoms with Crippen LogP contribution in [0.1, 0.15) is 36.7 Å². The minimum atomic E-state index is -0.662. The van der Waals surface area contributed by atoms with E-state index < -0.39 is 11.9 Å². The van der Waals surface area contributed by atoms with E-state index in [0.717, 1.165) is 24.0 Å². The van der Waals surface area contributed by atoms with Gasteiger partial charge in [-0.2, -0.15) is 4.98 Å². The number of carbonyl (C=O) groups excluding carboxylic acids is 2. The highest BCUT2D eigenvalue weighted by Gasteiger charge is 2.23. The summed E-state index contributed by atoms with van der Waals surface area (Å²) in [5.41, 5.74) is 7.45. The van der Waals surface area contributed by atoms with Crippen molar-refractivity contribution >= 4 is 29.6 Å². The number of nitrogens with one attached hydrogen (secondary N) is 1. The standard InChI is InChI=1S/C18H24N6O2/c1-4-12-6-5-7-13(8-12)22-17-14(16(19)26)9-21-18(23-17)24(20)15(10-25)11(2)3/h5-11,15H,4,20H2,1-3H3,(H2,19,26)(H,21,22,23). The lowest BCUT2D eigenvalue weighted by Gasteiger charge is -2.26. The minimum Gasteiger partial charge on any atom is -0.365 e. The average molecular weight is 356 g/mol. The first-order valence-corrected chi connectivity index (χ1v) is 8.39. The Bertz CT molecular complexity index is 793. The van der Waals surface area contributed by atoms with Crippen molar-refractivity contribution in [3.05, 3.63) is 41.6 Å². The first kappa shape index (κ1) is 19.3. The van der Waals surface area contributed by atoms with E-state index >= 15 is 0 Å². The third-order valence-electron chi connectivity index (χ3n) is 4.01. The molecule has 1 amide bonds. The van der Waals surface area contributed by atoms with Crippen LogP contribution < -0.4 is 21.9 Å². The number of anilines is 3. The largest absolute Gasteiger partial charge is 0.365 e. The predicted octanol–water partition coefficient (Wildman–Crippen LogP) is 1.79. The van der Waals surface area contributed by atoms with Gasteiger partial charge in [0.05, 0.1) is 0 Å². The Morgan fingerprint density at radius 2 is 2.12 bits per heavy atom. The summed E-state index contributed by atoms with van der Waals surface area (Å²) in [5.74, 6) is 5.68. The van der Waals surface area contributed by atoms with Crippen LogP contribution >= 0.6 is 0 Å². The third kappa shape index (κ3) is 4.34. The zero-order valence-corrected chi connectivity index (χ0v) is 15.1. The predicted molar refractivity (Wildman–Crippen MR) is 101 cm³/mol. The Labute approximate surface area is 152 Å². The van der Waals surface area contributed by atoms with Crippen LogP contribution in [0.25, 0.3) is 0 Å². The van der Waals surface area contributed by atoms with E-state index in [0.29, 0.717) is 0 Å². The van der Waals surface area contributed by atoms with Crippen molar-refractivity contribution in [2.75, 3.05) is 10.3 Å². The van der Waals surface area contributed by atoms with Crippen molar-refractivity contribution in [3.8, 4) is 0 Å². The van der Waals surface area contributed by atoms with Gasteiger partial charge in [-0.3, -0.25) is 9.80 Å². The number of aldehydes is 1. The Hall–Kier alpha value is -3.00. The molecule has 0 fully saturated rings. The summed E-state index contributed by atoms with van der Waals surface area (Å²) in [4.78, 5) is 31.4. The molecule has 0 saturated heterocycles. The Morgan fingerprint density at radius 3 is 2.69 bits per heavy atom. The zero-order valence-electron chi connectivity index (χ0n) is 15.1. The van der Waals surface area contributed by atoms with Gasteiger partial charge < -0.3 is 15.8 Å². The number of benzene rings is 1. The summed E-state index contributed by atoms with van der Waals surface area (Å²) in [6.45, 7) is 5.78. The van der Waals surface area contributed by atoms with Gasteiger partial charge in [0.15, 0.2) is 0 Å². The summed E-state index contributed by atoms with van der Waals surface area (Å²) < 4.78 is 0. The molecule has 8 nitrogen and oxygen atoms in total. The Kier molecular flexibility index (Phi) is 6.24. The van der Waals surface area contributed by atoms with Crippen molar-refractivity contribution in [2.24, 2.45) is 17.5 Å². The molecule has 1 aromatic carbocycles. The van der Waals surface area contributed by atoms with Crippen LogP contribution in [0.4, 0.5) is 17.5 Å². The molecule has 1 atom stereocenters. The van der Waals surface area contributed by atoms with Crippen molar-refractivity contribution in [1.82, 2.24) is 9.97 Å². The second-order valence-corrected chi connectivity index (χ2v) is 6.25. The van der Waals surface area contributed by atoms with Gasteiger partial charge in [-0.15, -0.1) is 0 Å². The molecule has 138 valence electrons. The summed E-state index contributed by atoms with van der Waals surface area (Å²) in [6, 6.07) is 7.13. The number of aryl methyl sites for hydroxylation is 1. The van der Waals surface area contributed by atoms with Gasteiger partial charge >= 0.3 is 0 Å². The third-order valence-corrected chi connectivity index (χ3v) is 4.01. The number of rotatable bonds is 8. The van der Waals surface area contributed by atoms with Gasteiger partial charge in [-0.05, 0) is 30.0 Å². The van der Waals surface area contributed by atoms with Gasteiger partial charge in [0, 0.05) is 11.9 Å². The number of hydrogen-bond acceptors (Lipinski definition) is 7. The van der Waals surface area contributed by atoms with Crippen LogP contribution in [0.2, 0.25) is 0 Å². The summed E-state index contributed by atoms with van der Waals surface area (Å²) in [7, 11) is 0. The molecule has 26 heavy (non-hydrogen) atoms. The molecule has 0 aliphatic carbocycles. The number of nitrogens with zero attached hydrogens (tertiary/aromatic N) is 3. The molecule has 0 radical (unpaired) electrons. The van der Waals surface area contributed by atoms with Gasteiger partial charge in [0.1, 0.15) is 23.7 Å². The maximum Gasteiger partial charge on any atom is 0.254 e. The van der Waals surface area contributed by atoms with Crippen LogP contribution in [0.15, 0.2) is 30.5 Å². The van der Waals surface area contributed by atoms with Crippen molar-refractivity contribution < 1.29 is 9.59 Å². The van der Waals surface area contributed by atoms with Crippen LogP contribution in [-0.2, 0) is 11.2 Å². The smallest absolute Gasteiger partial charge is 0.254 e. The monoisotopic (exact) mass is 356 g/mol. The zero-order chi connectivity index (χ0) is 19.3. The fourth-order valence-corrected chi connectivity index (χ4v) is 2.46. The summed E-state index contributed by atoms with van der Waals surface area (Å²) in [5, 5.41) is 4.28. The summed E-state index contributed by atoms with van der Waals surface area (Å²) >= 11 is 0. The van der Waals surface area contributed by atoms with Crippen molar-refractivity contribution in [3.63, 3.8) is 0 Å². The van der Waals surface area contributed by atoms with Crippen LogP contribution in [0.3, 0.4) is 0 Å². The first-order chi connectivity index (χ1) is 12.4. The van der Waals surface area contributed by atoms with Crippen LogP contribution in [-0.4, -0.2) is 28.2 Å². The van der Waals surface area contributed by atoms with E-state index in [1.54, 1.807) is 0 Å². The van der Waals surface area contributed by atoms with E-state index in [9.17, 15) is 9.59 Å². The van der Waals surface area contributed by atoms with Gasteiger partial charge in [0.25, 0.3) is 5.91 Å². The molecular weight excluding hydrogens is 332 g/mol. The highest BCUT2D eigenvalue weighted by atomic mass is 16.1. The molecule has 8 heteroatoms. The van der Waals surface area contributed by atoms with E-state index in [1.807, 2.05) is 38.1 Å². The van der Waals surface area contributed by atoms with E-state index in [2.05, 4.69) is 22.2 Å². The SMILES string of the molecule is CCc1cccc(Nc2nc(N(N)C(C=O)C(C)C)ncc2C(N)=O)c1. The number of amides is 1. The lowest BCUT2D eigenvalue weighted by Crippen LogP contribution is -2.46. The lowest BCUT2D eigenvalue weighted by molar-refractivity contribution is -0.109. The summed E-state index contributed by atoms with van der Waals surface area (Å²) in [6.07, 6.45) is 2.92. The molecule has 1 heterocycles. The van der Waals surface area contributed by atoms with Gasteiger partial charge in [-0.25, -0.2) is 10.8 Å². The first-order valence-electron chi connectivity index (χ1n) is 8.39. The molecular formula is C18H24N6O2. The molecule has 2 rings (SSSR count). The Balaban J connectivity index is 2.42. The molecule has 5 N–H and O–H groups in total. The quantitative estimate of drug-likeness (QED) is 0.374. The number of nitrogens with two attached hydrogens (primary N) is 2. The fourth-order valence-electron chi connectivity index (χ4n) is 2.46.